The van der Waals surface area contributed by atoms with Crippen LogP contribution in [0.2, 0.25) is 5.02 Å². The fourth-order valence-corrected chi connectivity index (χ4v) is 5.11. The molecule has 2 atom stereocenters. The third kappa shape index (κ3) is 5.52. The van der Waals surface area contributed by atoms with Crippen LogP contribution in [-0.2, 0) is 13.0 Å². The predicted octanol–water partition coefficient (Wildman–Crippen LogP) is 1.45. The molecular formula is C28H29Cl2N3O. The molecule has 0 saturated carbocycles. The van der Waals surface area contributed by atoms with Crippen molar-refractivity contribution < 1.29 is 17.3 Å². The Labute approximate surface area is 211 Å². The van der Waals surface area contributed by atoms with Gasteiger partial charge in [-0.25, -0.2) is 4.68 Å². The van der Waals surface area contributed by atoms with Crippen LogP contribution in [0.15, 0.2) is 83.7 Å². The maximum atomic E-state index is 13.4. The molecule has 3 aromatic carbocycles. The lowest BCUT2D eigenvalue weighted by Gasteiger charge is -2.19. The number of rotatable bonds is 5. The van der Waals surface area contributed by atoms with Crippen molar-refractivity contribution in [1.29, 1.82) is 0 Å². The van der Waals surface area contributed by atoms with Crippen molar-refractivity contribution in [3.05, 3.63) is 111 Å². The summed E-state index contributed by atoms with van der Waals surface area (Å²) in [6.07, 6.45) is 3.73. The fraction of sp³-hybridized carbons (Fsp3) is 0.286. The number of fused-ring (bicyclic) bond motifs is 1. The number of hydrogen-bond donors (Lipinski definition) is 1. The first kappa shape index (κ1) is 24.5. The van der Waals surface area contributed by atoms with Gasteiger partial charge in [0, 0.05) is 28.8 Å². The zero-order valence-electron chi connectivity index (χ0n) is 19.1. The van der Waals surface area contributed by atoms with Crippen LogP contribution in [0.25, 0.3) is 10.8 Å². The van der Waals surface area contributed by atoms with Crippen molar-refractivity contribution in [2.75, 3.05) is 13.1 Å². The monoisotopic (exact) mass is 493 g/mol. The maximum absolute atomic E-state index is 13.4. The Kier molecular flexibility index (Phi) is 8.04. The Balaban J connectivity index is 0.00000274. The van der Waals surface area contributed by atoms with Crippen LogP contribution in [-0.4, -0.2) is 22.9 Å². The molecule has 0 radical (unpaired) electrons. The quantitative estimate of drug-likeness (QED) is 0.457. The topological polar surface area (TPSA) is 39.3 Å². The second-order valence-electron chi connectivity index (χ2n) is 9.04. The van der Waals surface area contributed by atoms with Gasteiger partial charge in [0.2, 0.25) is 0 Å². The van der Waals surface area contributed by atoms with Crippen LogP contribution in [0.4, 0.5) is 0 Å². The zero-order chi connectivity index (χ0) is 22.6. The van der Waals surface area contributed by atoms with Crippen LogP contribution in [0.3, 0.4) is 0 Å². The van der Waals surface area contributed by atoms with Gasteiger partial charge in [-0.2, -0.15) is 5.10 Å². The number of halogens is 2. The van der Waals surface area contributed by atoms with Crippen molar-refractivity contribution in [3.63, 3.8) is 0 Å². The number of nitrogens with one attached hydrogen (secondary N) is 1. The van der Waals surface area contributed by atoms with E-state index in [0.717, 1.165) is 65.9 Å². The molecule has 0 amide bonds. The number of aromatic nitrogens is 2. The van der Waals surface area contributed by atoms with Gasteiger partial charge < -0.3 is 17.3 Å². The Morgan fingerprint density at radius 2 is 1.56 bits per heavy atom. The molecule has 1 aromatic heterocycles. The van der Waals surface area contributed by atoms with Crippen LogP contribution in [0, 0.1) is 0 Å². The third-order valence-corrected chi connectivity index (χ3v) is 6.98. The summed E-state index contributed by atoms with van der Waals surface area (Å²) in [6, 6.07) is 26.6. The molecule has 176 valence electrons. The second kappa shape index (κ2) is 11.2. The second-order valence-corrected chi connectivity index (χ2v) is 9.48. The highest BCUT2D eigenvalue weighted by Crippen LogP contribution is 2.22. The molecule has 2 unspecified atom stereocenters. The Hall–Kier alpha value is -2.66. The lowest BCUT2D eigenvalue weighted by atomic mass is 10.0. The number of hydrogen-bond acceptors (Lipinski definition) is 2. The average Bonchev–Trinajstić information content (AvgIpc) is 3.08. The summed E-state index contributed by atoms with van der Waals surface area (Å²) in [7, 11) is 0. The van der Waals surface area contributed by atoms with Gasteiger partial charge in [0.1, 0.15) is 6.54 Å². The molecule has 5 rings (SSSR count). The van der Waals surface area contributed by atoms with Gasteiger partial charge in [-0.05, 0) is 36.6 Å². The minimum absolute atomic E-state index is 0. The molecule has 4 nitrogen and oxygen atoms in total. The number of likely N-dealkylation sites (tertiary alicyclic amines) is 1. The van der Waals surface area contributed by atoms with E-state index >= 15 is 0 Å². The fourth-order valence-electron chi connectivity index (χ4n) is 4.98. The first-order valence-corrected chi connectivity index (χ1v) is 12.2. The molecule has 0 bridgehead atoms. The van der Waals surface area contributed by atoms with Crippen molar-refractivity contribution >= 4 is 22.4 Å². The first-order valence-electron chi connectivity index (χ1n) is 11.8. The van der Waals surface area contributed by atoms with Crippen LogP contribution in [0.5, 0.6) is 0 Å². The van der Waals surface area contributed by atoms with Gasteiger partial charge in [-0.3, -0.25) is 4.79 Å². The summed E-state index contributed by atoms with van der Waals surface area (Å²) in [4.78, 5) is 15.0. The smallest absolute Gasteiger partial charge is 0.274 e. The largest absolute Gasteiger partial charge is 1.00 e. The van der Waals surface area contributed by atoms with Crippen molar-refractivity contribution in [2.45, 2.75) is 38.3 Å². The minimum Gasteiger partial charge on any atom is -1.00 e. The van der Waals surface area contributed by atoms with Gasteiger partial charge in [0.05, 0.1) is 30.2 Å². The molecule has 1 saturated heterocycles. The lowest BCUT2D eigenvalue weighted by Crippen LogP contribution is -3.10. The molecule has 1 fully saturated rings. The molecule has 6 heteroatoms. The van der Waals surface area contributed by atoms with Gasteiger partial charge in [0.25, 0.3) is 5.56 Å². The highest BCUT2D eigenvalue weighted by atomic mass is 35.5. The van der Waals surface area contributed by atoms with E-state index < -0.39 is 0 Å². The van der Waals surface area contributed by atoms with Crippen molar-refractivity contribution in [3.8, 4) is 0 Å². The Bertz CT molecular complexity index is 1290. The summed E-state index contributed by atoms with van der Waals surface area (Å²) in [5.74, 6) is 0. The van der Waals surface area contributed by atoms with E-state index in [-0.39, 0.29) is 24.0 Å². The molecule has 1 aliphatic heterocycles. The summed E-state index contributed by atoms with van der Waals surface area (Å²) in [5, 5.41) is 7.38. The summed E-state index contributed by atoms with van der Waals surface area (Å²) < 4.78 is 1.79. The van der Waals surface area contributed by atoms with E-state index in [4.69, 9.17) is 16.7 Å². The van der Waals surface area contributed by atoms with Crippen LogP contribution < -0.4 is 22.9 Å². The number of benzene rings is 3. The maximum Gasteiger partial charge on any atom is 0.274 e. The molecule has 4 aromatic rings. The van der Waals surface area contributed by atoms with E-state index in [1.165, 1.54) is 5.56 Å². The molecule has 0 aliphatic carbocycles. The van der Waals surface area contributed by atoms with Crippen LogP contribution in [0.1, 0.15) is 42.1 Å². The Morgan fingerprint density at radius 1 is 0.853 bits per heavy atom. The van der Waals surface area contributed by atoms with Gasteiger partial charge in [-0.1, -0.05) is 72.3 Å². The van der Waals surface area contributed by atoms with E-state index in [1.54, 1.807) is 9.58 Å². The number of nitrogens with zero attached hydrogens (tertiary/aromatic N) is 2. The van der Waals surface area contributed by atoms with Gasteiger partial charge in [-0.15, -0.1) is 0 Å². The summed E-state index contributed by atoms with van der Waals surface area (Å²) in [6.45, 7) is 3.22. The number of quaternary nitrogens is 1. The highest BCUT2D eigenvalue weighted by molar-refractivity contribution is 6.30. The standard InChI is InChI=1S/C28H28ClN3O.ClH/c29-23-14-12-21(13-15-23)19-27-25-10-4-5-11-26(25)28(33)32(30-27)24-9-6-17-31(18-16-24)20-22-7-2-1-3-8-22;/h1-5,7-8,10-15,24H,6,9,16-20H2;1H. The molecule has 2 heterocycles. The van der Waals surface area contributed by atoms with E-state index in [0.29, 0.717) is 6.42 Å². The zero-order valence-corrected chi connectivity index (χ0v) is 20.6. The average molecular weight is 494 g/mol. The van der Waals surface area contributed by atoms with E-state index in [2.05, 4.69) is 30.3 Å². The minimum atomic E-state index is 0. The third-order valence-electron chi connectivity index (χ3n) is 6.73. The lowest BCUT2D eigenvalue weighted by molar-refractivity contribution is -0.913. The van der Waals surface area contributed by atoms with Gasteiger partial charge >= 0.3 is 0 Å². The van der Waals surface area contributed by atoms with E-state index in [1.807, 2.05) is 48.5 Å². The summed E-state index contributed by atoms with van der Waals surface area (Å²) in [5.41, 5.74) is 3.49. The first-order chi connectivity index (χ1) is 16.2. The highest BCUT2D eigenvalue weighted by Gasteiger charge is 2.24. The normalized spacial score (nSPS) is 18.3. The SMILES string of the molecule is O=c1c2ccccc2c(Cc2ccc(Cl)cc2)nn1C1CCC[NH+](Cc2ccccc2)CC1.[Cl-]. The van der Waals surface area contributed by atoms with Crippen molar-refractivity contribution in [1.82, 2.24) is 9.78 Å². The van der Waals surface area contributed by atoms with Crippen LogP contribution >= 0.6 is 11.6 Å². The summed E-state index contributed by atoms with van der Waals surface area (Å²) >= 11 is 6.07. The molecule has 0 spiro atoms. The molecule has 1 N–H and O–H groups in total. The molecule has 34 heavy (non-hydrogen) atoms. The Morgan fingerprint density at radius 3 is 2.32 bits per heavy atom. The van der Waals surface area contributed by atoms with Crippen molar-refractivity contribution in [2.24, 2.45) is 0 Å². The molecular weight excluding hydrogens is 465 g/mol. The van der Waals surface area contributed by atoms with Gasteiger partial charge in [0.15, 0.2) is 0 Å². The predicted molar refractivity (Wildman–Crippen MR) is 134 cm³/mol. The van der Waals surface area contributed by atoms with E-state index in [9.17, 15) is 4.79 Å². The molecule has 1 aliphatic rings.